The number of piperidine rings is 3. The topological polar surface area (TPSA) is 388 Å². The molecule has 18 heterocycles. The van der Waals surface area contributed by atoms with Crippen molar-refractivity contribution in [2.45, 2.75) is 274 Å². The molecule has 10 fully saturated rings. The zero-order valence-corrected chi connectivity index (χ0v) is 84.0. The molecule has 45 heteroatoms. The summed E-state index contributed by atoms with van der Waals surface area (Å²) < 4.78 is 95.7. The molecule has 12 aromatic heterocycles. The lowest BCUT2D eigenvalue weighted by atomic mass is 9.76. The molecular formula is C93H130F4N32O4S5. The number of alkyl halides is 4. The van der Waals surface area contributed by atoms with Crippen LogP contribution < -0.4 is 42.5 Å². The molecule has 1 spiro atoms. The number of thiazole rings is 4. The Balaban J connectivity index is 0.000000118. The van der Waals surface area contributed by atoms with Gasteiger partial charge in [0.1, 0.15) is 31.9 Å². The van der Waals surface area contributed by atoms with E-state index in [-0.39, 0.29) is 55.3 Å². The monoisotopic (exact) mass is 1990 g/mol. The number of nitrogens with one attached hydrogen (secondary N) is 8. The predicted octanol–water partition coefficient (Wildman–Crippen LogP) is 16.5. The van der Waals surface area contributed by atoms with Gasteiger partial charge in [0.05, 0.1) is 112 Å². The lowest BCUT2D eigenvalue weighted by Gasteiger charge is -2.49. The Hall–Kier alpha value is -9.45. The molecule has 4 aliphatic carbocycles. The number of anilines is 12. The Morgan fingerprint density at radius 1 is 0.348 bits per heavy atom. The quantitative estimate of drug-likeness (QED) is 0.0246. The number of likely N-dealkylation sites (tertiary alicyclic amines) is 3. The third kappa shape index (κ3) is 24.3. The van der Waals surface area contributed by atoms with Crippen LogP contribution in [0.4, 0.5) is 87.4 Å². The molecule has 0 radical (unpaired) electrons. The molecule has 6 aliphatic heterocycles. The van der Waals surface area contributed by atoms with Crippen molar-refractivity contribution in [1.29, 1.82) is 0 Å². The van der Waals surface area contributed by atoms with Gasteiger partial charge in [-0.15, -0.1) is 0 Å². The van der Waals surface area contributed by atoms with E-state index in [1.807, 2.05) is 50.6 Å². The Morgan fingerprint density at radius 2 is 0.630 bits per heavy atom. The molecule has 36 nitrogen and oxygen atoms in total. The van der Waals surface area contributed by atoms with E-state index in [1.165, 1.54) is 51.6 Å². The average molecular weight is 2000 g/mol. The standard InChI is InChI=1S/C25H36N8O3S2.C24H34N8OS.2C22H30F2N8S/c1-2-21-29-22-23(27-17-3-5-19(6-4-17)32-9-11-36-12-10-32)30-25(31-24(22)37-21)28-18-15-26-33(16-18)20-7-13-38(34,35)14-8-20;1-3-19-28-20-21(29-23(30-22(20)34-19)27-17-12-25-31(2)13-17)26-16-4-6-18(7-5-16)32-10-8-24(9-11-32)14-33-15-24;2*1-3-17-28-18-19(29-21(30-20(18)33-17)27-15-12-25-31(2)13-15)26-14-4-6-16(7-5-14)32-10-8-22(23,24)9-11-32/h15-17,19-20H,2-14H2,1H3,(H2,27,28,30,31);12-13,16,18H,3-11,14-15H2,1-2H3,(H2,26,27,29,30);2*12-14,16H,3-11H2,1-2H3,(H2,26,27,29,30). The fraction of sp³-hybridized carbons (Fsp3) is 0.656. The van der Waals surface area contributed by atoms with Crippen LogP contribution >= 0.6 is 45.3 Å². The first kappa shape index (κ1) is 97.4. The molecule has 138 heavy (non-hydrogen) atoms. The second-order valence-electron chi connectivity index (χ2n) is 38.9. The zero-order chi connectivity index (χ0) is 95.2. The number of sulfone groups is 1. The first-order chi connectivity index (χ1) is 66.8. The van der Waals surface area contributed by atoms with Gasteiger partial charge < -0.3 is 56.9 Å². The second kappa shape index (κ2) is 43.2. The summed E-state index contributed by atoms with van der Waals surface area (Å²) >= 11 is 6.44. The summed E-state index contributed by atoms with van der Waals surface area (Å²) in [6, 6.07) is 3.60. The molecule has 12 aromatic rings. The van der Waals surface area contributed by atoms with Crippen molar-refractivity contribution in [3.8, 4) is 0 Å². The van der Waals surface area contributed by atoms with E-state index in [4.69, 9.17) is 59.3 Å². The van der Waals surface area contributed by atoms with Crippen molar-refractivity contribution in [3.63, 3.8) is 0 Å². The van der Waals surface area contributed by atoms with E-state index in [0.717, 1.165) is 256 Å². The molecule has 0 unspecified atom stereocenters. The van der Waals surface area contributed by atoms with E-state index >= 15 is 0 Å². The van der Waals surface area contributed by atoms with Crippen molar-refractivity contribution < 1.29 is 35.5 Å². The van der Waals surface area contributed by atoms with Crippen LogP contribution in [-0.4, -0.2) is 277 Å². The van der Waals surface area contributed by atoms with Crippen LogP contribution in [0.3, 0.4) is 0 Å². The highest BCUT2D eigenvalue weighted by Gasteiger charge is 2.44. The average Bonchev–Trinajstić information content (AvgIpc) is 1.42. The normalized spacial score (nSPS) is 24.3. The van der Waals surface area contributed by atoms with Gasteiger partial charge in [-0.25, -0.2) is 45.9 Å². The van der Waals surface area contributed by atoms with Gasteiger partial charge in [-0.3, -0.25) is 33.4 Å². The number of nitrogens with zero attached hydrogens (tertiary/aromatic N) is 24. The first-order valence-electron chi connectivity index (χ1n) is 49.7. The van der Waals surface area contributed by atoms with Crippen molar-refractivity contribution in [2.75, 3.05) is 133 Å². The number of aryl methyl sites for hydroxylation is 7. The fourth-order valence-corrected chi connectivity index (χ4v) is 25.9. The predicted molar refractivity (Wildman–Crippen MR) is 537 cm³/mol. The number of ether oxygens (including phenoxy) is 2. The first-order valence-corrected chi connectivity index (χ1v) is 54.8. The molecule has 0 atom stereocenters. The lowest BCUT2D eigenvalue weighted by Crippen LogP contribution is -2.53. The van der Waals surface area contributed by atoms with Crippen LogP contribution in [0.1, 0.15) is 208 Å². The Bertz CT molecular complexity index is 5980. The van der Waals surface area contributed by atoms with Crippen LogP contribution in [0.15, 0.2) is 49.6 Å². The van der Waals surface area contributed by atoms with Crippen molar-refractivity contribution in [3.05, 3.63) is 69.6 Å². The van der Waals surface area contributed by atoms with Crippen LogP contribution in [0, 0.1) is 5.41 Å². The Labute approximate surface area is 817 Å². The number of hydrogen-bond acceptors (Lipinski definition) is 36. The molecule has 0 amide bonds. The Morgan fingerprint density at radius 3 is 0.906 bits per heavy atom. The highest BCUT2D eigenvalue weighted by atomic mass is 32.2. The van der Waals surface area contributed by atoms with Crippen LogP contribution in [0.25, 0.3) is 41.4 Å². The number of rotatable bonds is 25. The molecule has 4 saturated carbocycles. The van der Waals surface area contributed by atoms with Crippen molar-refractivity contribution >= 4 is 166 Å². The van der Waals surface area contributed by atoms with Gasteiger partial charge in [0, 0.05) is 165 Å². The lowest BCUT2D eigenvalue weighted by molar-refractivity contribution is -0.143. The molecule has 10 aliphatic rings. The minimum absolute atomic E-state index is 0.0135. The summed E-state index contributed by atoms with van der Waals surface area (Å²) in [5.41, 5.74) is 7.20. The third-order valence-electron chi connectivity index (χ3n) is 29.1. The van der Waals surface area contributed by atoms with E-state index in [0.29, 0.717) is 98.4 Å². The number of hydrogen-bond donors (Lipinski definition) is 8. The highest BCUT2D eigenvalue weighted by molar-refractivity contribution is 7.91. The molecule has 22 rings (SSSR count). The maximum atomic E-state index is 13.5. The third-order valence-corrected chi connectivity index (χ3v) is 35.1. The smallest absolute Gasteiger partial charge is 0.250 e. The van der Waals surface area contributed by atoms with Crippen molar-refractivity contribution in [1.82, 2.24) is 119 Å². The summed E-state index contributed by atoms with van der Waals surface area (Å²) in [5, 5.41) is 49.1. The molecular weight excluding hydrogens is 1870 g/mol. The Kier molecular flexibility index (Phi) is 30.5. The molecule has 744 valence electrons. The summed E-state index contributed by atoms with van der Waals surface area (Å²) in [4.78, 5) is 70.6. The van der Waals surface area contributed by atoms with E-state index in [2.05, 4.69) is 120 Å². The maximum absolute atomic E-state index is 13.5. The van der Waals surface area contributed by atoms with Gasteiger partial charge in [0.15, 0.2) is 42.6 Å². The molecule has 8 N–H and O–H groups in total. The minimum atomic E-state index is -2.91. The zero-order valence-electron chi connectivity index (χ0n) is 79.9. The van der Waals surface area contributed by atoms with Crippen LogP contribution in [0.5, 0.6) is 0 Å². The van der Waals surface area contributed by atoms with E-state index < -0.39 is 21.7 Å². The van der Waals surface area contributed by atoms with E-state index in [9.17, 15) is 26.0 Å². The maximum Gasteiger partial charge on any atom is 0.250 e. The summed E-state index contributed by atoms with van der Waals surface area (Å²) in [7, 11) is 2.72. The molecule has 6 saturated heterocycles. The van der Waals surface area contributed by atoms with Crippen LogP contribution in [-0.2, 0) is 66.1 Å². The highest BCUT2D eigenvalue weighted by Crippen LogP contribution is 2.44. The van der Waals surface area contributed by atoms with Crippen molar-refractivity contribution in [2.24, 2.45) is 26.6 Å². The van der Waals surface area contributed by atoms with Gasteiger partial charge in [0.2, 0.25) is 23.8 Å². The molecule has 0 bridgehead atoms. The van der Waals surface area contributed by atoms with Gasteiger partial charge >= 0.3 is 0 Å². The van der Waals surface area contributed by atoms with E-state index in [1.54, 1.807) is 84.2 Å². The number of morpholine rings is 1. The summed E-state index contributed by atoms with van der Waals surface area (Å²) in [6.07, 6.45) is 39.2. The van der Waals surface area contributed by atoms with Gasteiger partial charge in [-0.2, -0.15) is 60.3 Å². The minimum Gasteiger partial charge on any atom is -0.380 e. The summed E-state index contributed by atoms with van der Waals surface area (Å²) in [5.74, 6) is 0.744. The van der Waals surface area contributed by atoms with Gasteiger partial charge in [-0.1, -0.05) is 73.0 Å². The SMILES string of the molecule is CCc1nc2c(NC3CCC(N4CCC(F)(F)CC4)CC3)nc(Nc3cnn(C)c3)nc2s1.CCc1nc2c(NC3CCC(N4CCC(F)(F)CC4)CC3)nc(Nc3cnn(C)c3)nc2s1.CCc1nc2c(NC3CCC(N4CCC5(CC4)COC5)CC3)nc(Nc3cnn(C)c3)nc2s1.CCc1nc2c(NC3CCC(N4CCOCC4)CC3)nc(Nc3cnn(C4CCS(=O)(=O)CC4)c3)nc2s1. The van der Waals surface area contributed by atoms with Gasteiger partial charge in [0.25, 0.3) is 11.8 Å². The van der Waals surface area contributed by atoms with Crippen LogP contribution in [0.2, 0.25) is 0 Å². The van der Waals surface area contributed by atoms with Gasteiger partial charge in [-0.05, 0) is 167 Å². The largest absolute Gasteiger partial charge is 0.380 e. The number of fused-ring (bicyclic) bond motifs is 4. The molecule has 0 aromatic carbocycles. The second-order valence-corrected chi connectivity index (χ2v) is 45.5. The number of halogens is 4. The fourth-order valence-electron chi connectivity index (χ4n) is 20.9. The summed E-state index contributed by atoms with van der Waals surface area (Å²) in [6.45, 7) is 18.6. The number of aromatic nitrogens is 20.